The van der Waals surface area contributed by atoms with E-state index in [0.717, 1.165) is 5.82 Å². The zero-order valence-corrected chi connectivity index (χ0v) is 21.8. The fourth-order valence-corrected chi connectivity index (χ4v) is 4.39. The number of rotatable bonds is 13. The molecule has 0 aliphatic heterocycles. The molecule has 0 aliphatic rings. The van der Waals surface area contributed by atoms with Crippen LogP contribution < -0.4 is 19.5 Å². The summed E-state index contributed by atoms with van der Waals surface area (Å²) in [5.74, 6) is 2.47. The number of carbonyl (C=O) groups is 1. The lowest BCUT2D eigenvalue weighted by Gasteiger charge is -2.12. The van der Waals surface area contributed by atoms with Crippen molar-refractivity contribution in [2.75, 3.05) is 31.9 Å². The van der Waals surface area contributed by atoms with E-state index in [2.05, 4.69) is 22.1 Å². The summed E-state index contributed by atoms with van der Waals surface area (Å²) < 4.78 is 18.2. The fourth-order valence-electron chi connectivity index (χ4n) is 3.16. The number of allylic oxidation sites excluding steroid dienone is 1. The van der Waals surface area contributed by atoms with Crippen molar-refractivity contribution in [1.82, 2.24) is 14.8 Å². The quantitative estimate of drug-likeness (QED) is 0.174. The average molecular weight is 537 g/mol. The van der Waals surface area contributed by atoms with E-state index in [1.807, 2.05) is 4.57 Å². The molecule has 2 aromatic carbocycles. The molecule has 3 aromatic rings. The Morgan fingerprint density at radius 1 is 1.14 bits per heavy atom. The summed E-state index contributed by atoms with van der Waals surface area (Å²) in [6.07, 6.45) is 3.11. The predicted molar refractivity (Wildman–Crippen MR) is 139 cm³/mol. The van der Waals surface area contributed by atoms with E-state index in [1.165, 1.54) is 11.8 Å². The van der Waals surface area contributed by atoms with E-state index in [4.69, 9.17) is 37.4 Å². The molecule has 0 fully saturated rings. The molecule has 0 saturated carbocycles. The first kappa shape index (κ1) is 26.7. The molecule has 1 amide bonds. The SMILES string of the molecule is C=CCn1c(CCCOc2ccc(Cl)cc2Cl)nnc1SCC(=O)Nc1cc(OC)ccc1OC. The number of carbonyl (C=O) groups excluding carboxylic acids is 1. The van der Waals surface area contributed by atoms with Crippen LogP contribution in [0.25, 0.3) is 0 Å². The maximum Gasteiger partial charge on any atom is 0.234 e. The molecule has 3 rings (SSSR count). The third-order valence-electron chi connectivity index (χ3n) is 4.81. The number of anilines is 1. The van der Waals surface area contributed by atoms with Gasteiger partial charge < -0.3 is 24.1 Å². The number of nitrogens with one attached hydrogen (secondary N) is 1. The van der Waals surface area contributed by atoms with Gasteiger partial charge in [-0.15, -0.1) is 16.8 Å². The van der Waals surface area contributed by atoms with Crippen molar-refractivity contribution in [2.45, 2.75) is 24.5 Å². The van der Waals surface area contributed by atoms with Gasteiger partial charge in [0, 0.05) is 24.1 Å². The number of amides is 1. The Kier molecular flexibility index (Phi) is 10.1. The summed E-state index contributed by atoms with van der Waals surface area (Å²) in [6, 6.07) is 10.3. The van der Waals surface area contributed by atoms with E-state index in [1.54, 1.807) is 56.7 Å². The van der Waals surface area contributed by atoms with Gasteiger partial charge in [0.1, 0.15) is 23.1 Å². The van der Waals surface area contributed by atoms with E-state index >= 15 is 0 Å². The lowest BCUT2D eigenvalue weighted by Crippen LogP contribution is -2.15. The number of methoxy groups -OCH3 is 2. The van der Waals surface area contributed by atoms with Crippen LogP contribution >= 0.6 is 35.0 Å². The van der Waals surface area contributed by atoms with Gasteiger partial charge in [0.2, 0.25) is 5.91 Å². The molecule has 0 atom stereocenters. The normalized spacial score (nSPS) is 10.6. The van der Waals surface area contributed by atoms with Gasteiger partial charge in [0.25, 0.3) is 0 Å². The van der Waals surface area contributed by atoms with Crippen LogP contribution in [0, 0.1) is 0 Å². The Morgan fingerprint density at radius 2 is 1.94 bits per heavy atom. The first-order valence-corrected chi connectivity index (χ1v) is 12.4. The Hall–Kier alpha value is -2.88. The smallest absolute Gasteiger partial charge is 0.234 e. The van der Waals surface area contributed by atoms with Crippen molar-refractivity contribution < 1.29 is 19.0 Å². The molecule has 0 radical (unpaired) electrons. The van der Waals surface area contributed by atoms with Gasteiger partial charge in [0.05, 0.1) is 37.3 Å². The standard InChI is InChI=1S/C24H26Cl2N4O4S/c1-4-11-30-22(6-5-12-34-20-9-7-16(25)13-18(20)26)28-29-24(30)35-15-23(31)27-19-14-17(32-2)8-10-21(19)33-3/h4,7-10,13-14H,1,5-6,11-12,15H2,2-3H3,(H,27,31). The van der Waals surface area contributed by atoms with Crippen molar-refractivity contribution in [1.29, 1.82) is 0 Å². The van der Waals surface area contributed by atoms with Gasteiger partial charge in [-0.3, -0.25) is 4.79 Å². The van der Waals surface area contributed by atoms with E-state index < -0.39 is 0 Å². The van der Waals surface area contributed by atoms with Crippen LogP contribution in [0.1, 0.15) is 12.2 Å². The van der Waals surface area contributed by atoms with Gasteiger partial charge in [-0.2, -0.15) is 0 Å². The largest absolute Gasteiger partial charge is 0.497 e. The van der Waals surface area contributed by atoms with Crippen LogP contribution in [0.15, 0.2) is 54.2 Å². The van der Waals surface area contributed by atoms with Crippen molar-refractivity contribution in [2.24, 2.45) is 0 Å². The highest BCUT2D eigenvalue weighted by Crippen LogP contribution is 2.30. The summed E-state index contributed by atoms with van der Waals surface area (Å²) in [5.41, 5.74) is 0.534. The average Bonchev–Trinajstić information content (AvgIpc) is 3.23. The van der Waals surface area contributed by atoms with Crippen LogP contribution in [0.5, 0.6) is 17.2 Å². The molecule has 0 saturated heterocycles. The molecular formula is C24H26Cl2N4O4S. The maximum absolute atomic E-state index is 12.6. The molecule has 1 heterocycles. The number of aryl methyl sites for hydroxylation is 1. The monoisotopic (exact) mass is 536 g/mol. The minimum Gasteiger partial charge on any atom is -0.497 e. The highest BCUT2D eigenvalue weighted by molar-refractivity contribution is 7.99. The molecule has 0 unspecified atom stereocenters. The Morgan fingerprint density at radius 3 is 2.66 bits per heavy atom. The van der Waals surface area contributed by atoms with Crippen molar-refractivity contribution in [3.63, 3.8) is 0 Å². The minimum atomic E-state index is -0.204. The third-order valence-corrected chi connectivity index (χ3v) is 6.31. The molecule has 11 heteroatoms. The zero-order chi connectivity index (χ0) is 25.2. The maximum atomic E-state index is 12.6. The molecule has 0 spiro atoms. The first-order chi connectivity index (χ1) is 16.9. The number of hydrogen-bond acceptors (Lipinski definition) is 7. The summed E-state index contributed by atoms with van der Waals surface area (Å²) in [7, 11) is 3.10. The van der Waals surface area contributed by atoms with Crippen LogP contribution in [0.2, 0.25) is 10.0 Å². The number of thioether (sulfide) groups is 1. The van der Waals surface area contributed by atoms with Crippen molar-refractivity contribution in [3.8, 4) is 17.2 Å². The fraction of sp³-hybridized carbons (Fsp3) is 0.292. The van der Waals surface area contributed by atoms with Crippen molar-refractivity contribution >= 4 is 46.6 Å². The molecular weight excluding hydrogens is 511 g/mol. The Balaban J connectivity index is 1.56. The molecule has 8 nitrogen and oxygen atoms in total. The number of ether oxygens (including phenoxy) is 3. The predicted octanol–water partition coefficient (Wildman–Crippen LogP) is 5.53. The van der Waals surface area contributed by atoms with Crippen LogP contribution in [-0.4, -0.2) is 47.3 Å². The second-order valence-corrected chi connectivity index (χ2v) is 9.01. The van der Waals surface area contributed by atoms with Gasteiger partial charge in [-0.05, 0) is 36.8 Å². The van der Waals surface area contributed by atoms with E-state index in [0.29, 0.717) is 64.1 Å². The molecule has 35 heavy (non-hydrogen) atoms. The number of nitrogens with zero attached hydrogens (tertiary/aromatic N) is 3. The number of aromatic nitrogens is 3. The second kappa shape index (κ2) is 13.3. The molecule has 1 aromatic heterocycles. The molecule has 0 bridgehead atoms. The highest BCUT2D eigenvalue weighted by atomic mass is 35.5. The zero-order valence-electron chi connectivity index (χ0n) is 19.4. The van der Waals surface area contributed by atoms with Gasteiger partial charge >= 0.3 is 0 Å². The van der Waals surface area contributed by atoms with Gasteiger partial charge in [0.15, 0.2) is 5.16 Å². The number of hydrogen-bond donors (Lipinski definition) is 1. The Bertz CT molecular complexity index is 1170. The van der Waals surface area contributed by atoms with E-state index in [-0.39, 0.29) is 11.7 Å². The lowest BCUT2D eigenvalue weighted by atomic mass is 10.2. The van der Waals surface area contributed by atoms with Crippen LogP contribution in [-0.2, 0) is 17.8 Å². The number of benzene rings is 2. The molecule has 1 N–H and O–H groups in total. The van der Waals surface area contributed by atoms with Crippen LogP contribution in [0.3, 0.4) is 0 Å². The Labute approximate surface area is 218 Å². The summed E-state index contributed by atoms with van der Waals surface area (Å²) >= 11 is 13.4. The van der Waals surface area contributed by atoms with Crippen LogP contribution in [0.4, 0.5) is 5.69 Å². The van der Waals surface area contributed by atoms with E-state index in [9.17, 15) is 4.79 Å². The molecule has 0 aliphatic carbocycles. The number of halogens is 2. The minimum absolute atomic E-state index is 0.147. The summed E-state index contributed by atoms with van der Waals surface area (Å²) in [5, 5.41) is 13.1. The summed E-state index contributed by atoms with van der Waals surface area (Å²) in [4.78, 5) is 12.6. The summed E-state index contributed by atoms with van der Waals surface area (Å²) in [6.45, 7) is 4.80. The second-order valence-electron chi connectivity index (χ2n) is 7.23. The van der Waals surface area contributed by atoms with Crippen molar-refractivity contribution in [3.05, 3.63) is 64.9 Å². The highest BCUT2D eigenvalue weighted by Gasteiger charge is 2.15. The molecule has 186 valence electrons. The van der Waals surface area contributed by atoms with Gasteiger partial charge in [-0.1, -0.05) is 41.0 Å². The lowest BCUT2D eigenvalue weighted by molar-refractivity contribution is -0.113. The third kappa shape index (κ3) is 7.55. The van der Waals surface area contributed by atoms with Gasteiger partial charge in [-0.25, -0.2) is 0 Å². The first-order valence-electron chi connectivity index (χ1n) is 10.7. The topological polar surface area (TPSA) is 87.5 Å².